The van der Waals surface area contributed by atoms with Crippen LogP contribution in [0.15, 0.2) is 42.5 Å². The van der Waals surface area contributed by atoms with Gasteiger partial charge in [0.05, 0.1) is 5.02 Å². The molecule has 0 bridgehead atoms. The van der Waals surface area contributed by atoms with Gasteiger partial charge in [-0.05, 0) is 36.4 Å². The van der Waals surface area contributed by atoms with Gasteiger partial charge in [-0.2, -0.15) is 0 Å². The lowest BCUT2D eigenvalue weighted by Gasteiger charge is -2.10. The Labute approximate surface area is 138 Å². The molecule has 2 rings (SSSR count). The Morgan fingerprint density at radius 2 is 1.74 bits per heavy atom. The van der Waals surface area contributed by atoms with E-state index < -0.39 is 5.82 Å². The Morgan fingerprint density at radius 3 is 2.39 bits per heavy atom. The van der Waals surface area contributed by atoms with Crippen LogP contribution in [0.25, 0.3) is 0 Å². The maximum Gasteiger partial charge on any atom is 0.255 e. The zero-order chi connectivity index (χ0) is 17.0. The zero-order valence-electron chi connectivity index (χ0n) is 12.7. The molecule has 0 saturated carbocycles. The molecule has 0 unspecified atom stereocenters. The van der Waals surface area contributed by atoms with Crippen molar-refractivity contribution in [2.45, 2.75) is 13.8 Å². The average molecular weight is 335 g/mol. The number of nitrogens with one attached hydrogen (secondary N) is 2. The summed E-state index contributed by atoms with van der Waals surface area (Å²) in [6.07, 6.45) is 0. The van der Waals surface area contributed by atoms with E-state index in [9.17, 15) is 14.0 Å². The summed E-state index contributed by atoms with van der Waals surface area (Å²) >= 11 is 5.68. The van der Waals surface area contributed by atoms with Crippen LogP contribution >= 0.6 is 11.6 Å². The monoisotopic (exact) mass is 334 g/mol. The molecule has 23 heavy (non-hydrogen) atoms. The summed E-state index contributed by atoms with van der Waals surface area (Å²) in [6, 6.07) is 10.5. The van der Waals surface area contributed by atoms with Crippen LogP contribution in [0.3, 0.4) is 0 Å². The first-order valence-corrected chi connectivity index (χ1v) is 7.42. The molecule has 2 amide bonds. The van der Waals surface area contributed by atoms with Gasteiger partial charge in [0.1, 0.15) is 5.82 Å². The average Bonchev–Trinajstić information content (AvgIpc) is 2.51. The number of hydrogen-bond acceptors (Lipinski definition) is 2. The molecule has 4 nitrogen and oxygen atoms in total. The number of rotatable bonds is 4. The van der Waals surface area contributed by atoms with Crippen molar-refractivity contribution in [2.75, 3.05) is 10.6 Å². The highest BCUT2D eigenvalue weighted by atomic mass is 35.5. The van der Waals surface area contributed by atoms with E-state index in [1.165, 1.54) is 18.2 Å². The maximum absolute atomic E-state index is 13.1. The molecule has 0 heterocycles. The van der Waals surface area contributed by atoms with E-state index in [0.29, 0.717) is 16.9 Å². The minimum Gasteiger partial charge on any atom is -0.326 e. The van der Waals surface area contributed by atoms with Crippen LogP contribution in [0.1, 0.15) is 24.2 Å². The minimum atomic E-state index is -0.553. The van der Waals surface area contributed by atoms with Gasteiger partial charge in [0, 0.05) is 22.9 Å². The third kappa shape index (κ3) is 4.53. The van der Waals surface area contributed by atoms with Crippen LogP contribution < -0.4 is 10.6 Å². The fourth-order valence-electron chi connectivity index (χ4n) is 1.80. The molecule has 0 radical (unpaired) electrons. The van der Waals surface area contributed by atoms with Crippen molar-refractivity contribution in [2.24, 2.45) is 5.92 Å². The molecule has 2 aromatic carbocycles. The first-order chi connectivity index (χ1) is 10.9. The van der Waals surface area contributed by atoms with Crippen LogP contribution in [0.4, 0.5) is 15.8 Å². The molecule has 0 atom stereocenters. The summed E-state index contributed by atoms with van der Waals surface area (Å²) in [5, 5.41) is 5.29. The second-order valence-corrected chi connectivity index (χ2v) is 5.71. The Kier molecular flexibility index (Phi) is 5.34. The molecule has 2 aromatic rings. The molecule has 0 spiro atoms. The summed E-state index contributed by atoms with van der Waals surface area (Å²) in [5.41, 5.74) is 1.29. The van der Waals surface area contributed by atoms with Gasteiger partial charge in [-0.1, -0.05) is 31.5 Å². The molecule has 0 aliphatic carbocycles. The highest BCUT2D eigenvalue weighted by molar-refractivity contribution is 6.31. The molecule has 0 aliphatic heterocycles. The predicted octanol–water partition coefficient (Wildman–Crippen LogP) is 4.33. The Hall–Kier alpha value is -2.40. The number of anilines is 2. The first kappa shape index (κ1) is 17.0. The van der Waals surface area contributed by atoms with Gasteiger partial charge in [0.15, 0.2) is 0 Å². The summed E-state index contributed by atoms with van der Waals surface area (Å²) < 4.78 is 13.1. The van der Waals surface area contributed by atoms with Crippen LogP contribution in [0.5, 0.6) is 0 Å². The van der Waals surface area contributed by atoms with Gasteiger partial charge in [-0.3, -0.25) is 9.59 Å². The standard InChI is InChI=1S/C17H16ClFN2O2/c1-10(2)16(22)20-12-5-3-4-11(8-12)17(23)21-13-6-7-15(19)14(18)9-13/h3-10H,1-2H3,(H,20,22)(H,21,23). The van der Waals surface area contributed by atoms with Crippen molar-refractivity contribution in [3.05, 3.63) is 58.9 Å². The van der Waals surface area contributed by atoms with E-state index in [-0.39, 0.29) is 22.8 Å². The van der Waals surface area contributed by atoms with Crippen molar-refractivity contribution >= 4 is 34.8 Å². The van der Waals surface area contributed by atoms with E-state index in [2.05, 4.69) is 10.6 Å². The number of benzene rings is 2. The number of amides is 2. The Morgan fingerprint density at radius 1 is 1.04 bits per heavy atom. The topological polar surface area (TPSA) is 58.2 Å². The molecule has 120 valence electrons. The number of carbonyl (C=O) groups is 2. The van der Waals surface area contributed by atoms with Gasteiger partial charge >= 0.3 is 0 Å². The van der Waals surface area contributed by atoms with Crippen LogP contribution in [-0.2, 0) is 4.79 Å². The molecular weight excluding hydrogens is 319 g/mol. The fourth-order valence-corrected chi connectivity index (χ4v) is 1.98. The second kappa shape index (κ2) is 7.24. The van der Waals surface area contributed by atoms with E-state index in [0.717, 1.165) is 0 Å². The summed E-state index contributed by atoms with van der Waals surface area (Å²) in [7, 11) is 0. The van der Waals surface area contributed by atoms with Crippen LogP contribution in [0, 0.1) is 11.7 Å². The third-order valence-electron chi connectivity index (χ3n) is 3.09. The van der Waals surface area contributed by atoms with Crippen LogP contribution in [-0.4, -0.2) is 11.8 Å². The lowest BCUT2D eigenvalue weighted by Crippen LogP contribution is -2.18. The molecule has 0 aromatic heterocycles. The smallest absolute Gasteiger partial charge is 0.255 e. The van der Waals surface area contributed by atoms with E-state index >= 15 is 0 Å². The molecule has 6 heteroatoms. The van der Waals surface area contributed by atoms with Crippen molar-refractivity contribution in [3.8, 4) is 0 Å². The summed E-state index contributed by atoms with van der Waals surface area (Å²) in [6.45, 7) is 3.56. The van der Waals surface area contributed by atoms with E-state index in [4.69, 9.17) is 11.6 Å². The quantitative estimate of drug-likeness (QED) is 0.874. The number of carbonyl (C=O) groups excluding carboxylic acids is 2. The minimum absolute atomic E-state index is 0.0688. The zero-order valence-corrected chi connectivity index (χ0v) is 13.4. The number of hydrogen-bond donors (Lipinski definition) is 2. The Balaban J connectivity index is 2.13. The van der Waals surface area contributed by atoms with Crippen molar-refractivity contribution in [1.82, 2.24) is 0 Å². The number of halogens is 2. The van der Waals surface area contributed by atoms with Gasteiger partial charge in [-0.25, -0.2) is 4.39 Å². The van der Waals surface area contributed by atoms with Gasteiger partial charge in [0.2, 0.25) is 5.91 Å². The highest BCUT2D eigenvalue weighted by Crippen LogP contribution is 2.20. The molecule has 0 aliphatic rings. The Bertz CT molecular complexity index is 747. The SMILES string of the molecule is CC(C)C(=O)Nc1cccc(C(=O)Nc2ccc(F)c(Cl)c2)c1. The lowest BCUT2D eigenvalue weighted by atomic mass is 10.1. The fraction of sp³-hybridized carbons (Fsp3) is 0.176. The summed E-state index contributed by atoms with van der Waals surface area (Å²) in [5.74, 6) is -1.22. The largest absolute Gasteiger partial charge is 0.326 e. The second-order valence-electron chi connectivity index (χ2n) is 5.31. The molecule has 0 fully saturated rings. The molecule has 0 saturated heterocycles. The van der Waals surface area contributed by atoms with Crippen molar-refractivity contribution in [1.29, 1.82) is 0 Å². The van der Waals surface area contributed by atoms with E-state index in [1.54, 1.807) is 38.1 Å². The third-order valence-corrected chi connectivity index (χ3v) is 3.38. The normalized spacial score (nSPS) is 10.5. The van der Waals surface area contributed by atoms with Gasteiger partial charge in [-0.15, -0.1) is 0 Å². The van der Waals surface area contributed by atoms with Gasteiger partial charge < -0.3 is 10.6 Å². The molecular formula is C17H16ClFN2O2. The van der Waals surface area contributed by atoms with E-state index in [1.807, 2.05) is 0 Å². The van der Waals surface area contributed by atoms with Gasteiger partial charge in [0.25, 0.3) is 5.91 Å². The van der Waals surface area contributed by atoms with Crippen molar-refractivity contribution in [3.63, 3.8) is 0 Å². The van der Waals surface area contributed by atoms with Crippen molar-refractivity contribution < 1.29 is 14.0 Å². The first-order valence-electron chi connectivity index (χ1n) is 7.04. The lowest BCUT2D eigenvalue weighted by molar-refractivity contribution is -0.118. The maximum atomic E-state index is 13.1. The van der Waals surface area contributed by atoms with Crippen LogP contribution in [0.2, 0.25) is 5.02 Å². The molecule has 2 N–H and O–H groups in total. The summed E-state index contributed by atoms with van der Waals surface area (Å²) in [4.78, 5) is 23.9. The highest BCUT2D eigenvalue weighted by Gasteiger charge is 2.11. The predicted molar refractivity (Wildman–Crippen MR) is 89.3 cm³/mol.